The van der Waals surface area contributed by atoms with Crippen molar-refractivity contribution < 1.29 is 22.6 Å². The van der Waals surface area contributed by atoms with Gasteiger partial charge < -0.3 is 0 Å². The SMILES string of the molecule is O=C1C(NS(=O)(=O)c2ccccc2)=C(n2cc[n+](Cc3ccccc3)c2)C(=O)c2ccccc21. The third kappa shape index (κ3) is 3.95. The summed E-state index contributed by atoms with van der Waals surface area (Å²) in [6.45, 7) is 0.547. The predicted molar refractivity (Wildman–Crippen MR) is 125 cm³/mol. The molecule has 3 aromatic carbocycles. The van der Waals surface area contributed by atoms with Gasteiger partial charge in [0.1, 0.15) is 24.6 Å². The molecule has 0 amide bonds. The van der Waals surface area contributed by atoms with E-state index < -0.39 is 21.6 Å². The van der Waals surface area contributed by atoms with Crippen LogP contribution in [0, 0.1) is 0 Å². The molecule has 0 radical (unpaired) electrons. The number of allylic oxidation sites excluding steroid dienone is 2. The van der Waals surface area contributed by atoms with E-state index in [1.54, 1.807) is 55.1 Å². The maximum absolute atomic E-state index is 13.5. The first kappa shape index (κ1) is 21.5. The molecule has 0 unspecified atom stereocenters. The number of ketones is 2. The van der Waals surface area contributed by atoms with E-state index in [0.29, 0.717) is 6.54 Å². The highest BCUT2D eigenvalue weighted by Crippen LogP contribution is 2.28. The molecule has 1 heterocycles. The van der Waals surface area contributed by atoms with Gasteiger partial charge in [-0.25, -0.2) is 13.0 Å². The number of carbonyl (C=O) groups is 2. The molecule has 1 aliphatic rings. The van der Waals surface area contributed by atoms with Gasteiger partial charge in [-0.05, 0) is 17.7 Å². The van der Waals surface area contributed by atoms with Crippen LogP contribution < -0.4 is 9.29 Å². The highest BCUT2D eigenvalue weighted by atomic mass is 32.2. The largest absolute Gasteiger partial charge is 0.287 e. The van der Waals surface area contributed by atoms with Gasteiger partial charge in [0, 0.05) is 11.1 Å². The quantitative estimate of drug-likeness (QED) is 0.439. The second-order valence-corrected chi connectivity index (χ2v) is 9.51. The second kappa shape index (κ2) is 8.57. The minimum atomic E-state index is -4.10. The molecule has 5 rings (SSSR count). The molecule has 34 heavy (non-hydrogen) atoms. The maximum atomic E-state index is 13.5. The molecule has 1 aromatic heterocycles. The van der Waals surface area contributed by atoms with Crippen LogP contribution in [0.5, 0.6) is 0 Å². The zero-order valence-corrected chi connectivity index (χ0v) is 18.8. The number of fused-ring (bicyclic) bond motifs is 1. The minimum Gasteiger partial charge on any atom is -0.287 e. The second-order valence-electron chi connectivity index (χ2n) is 7.82. The fourth-order valence-electron chi connectivity index (χ4n) is 3.91. The molecule has 1 N–H and O–H groups in total. The van der Waals surface area contributed by atoms with Gasteiger partial charge in [0.25, 0.3) is 10.0 Å². The van der Waals surface area contributed by atoms with Crippen molar-refractivity contribution in [3.05, 3.63) is 126 Å². The lowest BCUT2D eigenvalue weighted by molar-refractivity contribution is -0.687. The zero-order valence-electron chi connectivity index (χ0n) is 18.0. The number of rotatable bonds is 6. The summed E-state index contributed by atoms with van der Waals surface area (Å²) in [6.07, 6.45) is 5.06. The summed E-state index contributed by atoms with van der Waals surface area (Å²) < 4.78 is 31.9. The smallest absolute Gasteiger partial charge is 0.262 e. The number of benzene rings is 3. The highest BCUT2D eigenvalue weighted by molar-refractivity contribution is 7.89. The van der Waals surface area contributed by atoms with Crippen molar-refractivity contribution in [2.24, 2.45) is 0 Å². The van der Waals surface area contributed by atoms with Crippen LogP contribution in [-0.2, 0) is 16.6 Å². The Hall–Kier alpha value is -4.30. The van der Waals surface area contributed by atoms with Crippen molar-refractivity contribution in [3.63, 3.8) is 0 Å². The average molecular weight is 471 g/mol. The summed E-state index contributed by atoms with van der Waals surface area (Å²) in [5.41, 5.74) is 1.12. The molecule has 7 nitrogen and oxygen atoms in total. The van der Waals surface area contributed by atoms with Crippen molar-refractivity contribution in [2.45, 2.75) is 11.4 Å². The molecule has 0 bridgehead atoms. The minimum absolute atomic E-state index is 0.00685. The molecular formula is C26H20N3O4S+. The molecule has 0 atom stereocenters. The van der Waals surface area contributed by atoms with Crippen molar-refractivity contribution in [1.82, 2.24) is 9.29 Å². The Morgan fingerprint density at radius 3 is 2.03 bits per heavy atom. The summed E-state index contributed by atoms with van der Waals surface area (Å²) in [4.78, 5) is 26.9. The summed E-state index contributed by atoms with van der Waals surface area (Å²) in [6, 6.07) is 23.9. The molecule has 168 valence electrons. The van der Waals surface area contributed by atoms with Gasteiger partial charge in [-0.2, -0.15) is 4.57 Å². The summed E-state index contributed by atoms with van der Waals surface area (Å²) in [7, 11) is -4.10. The summed E-state index contributed by atoms with van der Waals surface area (Å²) >= 11 is 0. The third-order valence-electron chi connectivity index (χ3n) is 5.54. The first-order chi connectivity index (χ1) is 16.4. The van der Waals surface area contributed by atoms with Crippen molar-refractivity contribution >= 4 is 27.3 Å². The van der Waals surface area contributed by atoms with Crippen LogP contribution in [0.1, 0.15) is 26.3 Å². The fourth-order valence-corrected chi connectivity index (χ4v) is 5.00. The van der Waals surface area contributed by atoms with E-state index >= 15 is 0 Å². The van der Waals surface area contributed by atoms with Crippen LogP contribution in [-0.4, -0.2) is 24.6 Å². The Bertz CT molecular complexity index is 1540. The predicted octanol–water partition coefficient (Wildman–Crippen LogP) is 3.05. The van der Waals surface area contributed by atoms with Crippen LogP contribution in [0.2, 0.25) is 0 Å². The maximum Gasteiger partial charge on any atom is 0.262 e. The first-order valence-electron chi connectivity index (χ1n) is 10.6. The van der Waals surface area contributed by atoms with Gasteiger partial charge in [0.05, 0.1) is 4.90 Å². The number of carbonyl (C=O) groups excluding carboxylic acids is 2. The Kier molecular flexibility index (Phi) is 5.43. The van der Waals surface area contributed by atoms with Gasteiger partial charge in [0.15, 0.2) is 0 Å². The molecule has 0 saturated carbocycles. The van der Waals surface area contributed by atoms with E-state index in [1.807, 2.05) is 34.9 Å². The lowest BCUT2D eigenvalue weighted by atomic mass is 9.90. The Labute approximate surface area is 196 Å². The van der Waals surface area contributed by atoms with Crippen molar-refractivity contribution in [2.75, 3.05) is 0 Å². The molecule has 8 heteroatoms. The molecule has 1 aliphatic carbocycles. The molecule has 4 aromatic rings. The zero-order chi connectivity index (χ0) is 23.7. The van der Waals surface area contributed by atoms with Gasteiger partial charge >= 0.3 is 0 Å². The Balaban J connectivity index is 1.61. The van der Waals surface area contributed by atoms with Crippen LogP contribution in [0.4, 0.5) is 0 Å². The van der Waals surface area contributed by atoms with Crippen LogP contribution in [0.15, 0.2) is 114 Å². The van der Waals surface area contributed by atoms with Crippen LogP contribution >= 0.6 is 0 Å². The van der Waals surface area contributed by atoms with Crippen molar-refractivity contribution in [1.29, 1.82) is 0 Å². The van der Waals surface area contributed by atoms with E-state index in [0.717, 1.165) is 5.56 Å². The number of Topliss-reactive ketones (excluding diaryl/α,β-unsaturated/α-hetero) is 2. The summed E-state index contributed by atoms with van der Waals surface area (Å²) in [5, 5.41) is 0. The average Bonchev–Trinajstić information content (AvgIpc) is 3.31. The standard InChI is InChI=1S/C26H19N3O4S/c30-25-21-13-7-8-14-22(21)26(31)24(23(25)27-34(32,33)20-11-5-2-6-12-20)29-16-15-28(18-29)17-19-9-3-1-4-10-19/h1-16,18H,17H2/p+1. The number of nitrogens with zero attached hydrogens (tertiary/aromatic N) is 2. The molecular weight excluding hydrogens is 450 g/mol. The van der Waals surface area contributed by atoms with E-state index in [1.165, 1.54) is 22.8 Å². The van der Waals surface area contributed by atoms with E-state index in [9.17, 15) is 18.0 Å². The topological polar surface area (TPSA) is 89.1 Å². The van der Waals surface area contributed by atoms with Gasteiger partial charge in [0.2, 0.25) is 23.6 Å². The number of hydrogen-bond acceptors (Lipinski definition) is 4. The first-order valence-corrected chi connectivity index (χ1v) is 12.0. The number of imidazole rings is 1. The number of nitrogens with one attached hydrogen (secondary N) is 1. The number of aromatic nitrogens is 2. The Morgan fingerprint density at radius 1 is 0.765 bits per heavy atom. The highest BCUT2D eigenvalue weighted by Gasteiger charge is 2.38. The van der Waals surface area contributed by atoms with Gasteiger partial charge in [-0.15, -0.1) is 0 Å². The van der Waals surface area contributed by atoms with Gasteiger partial charge in [-0.1, -0.05) is 72.8 Å². The van der Waals surface area contributed by atoms with E-state index in [-0.39, 0.29) is 27.4 Å². The van der Waals surface area contributed by atoms with Crippen LogP contribution in [0.25, 0.3) is 5.70 Å². The molecule has 0 saturated heterocycles. The number of sulfonamides is 1. The number of hydrogen-bond donors (Lipinski definition) is 1. The summed E-state index contributed by atoms with van der Waals surface area (Å²) in [5.74, 6) is -1.00. The lowest BCUT2D eigenvalue weighted by Crippen LogP contribution is -2.36. The van der Waals surface area contributed by atoms with E-state index in [2.05, 4.69) is 4.72 Å². The lowest BCUT2D eigenvalue weighted by Gasteiger charge is -2.19. The molecule has 0 aliphatic heterocycles. The monoisotopic (exact) mass is 470 g/mol. The van der Waals surface area contributed by atoms with E-state index in [4.69, 9.17) is 0 Å². The molecule has 0 fully saturated rings. The van der Waals surface area contributed by atoms with Crippen molar-refractivity contribution in [3.8, 4) is 0 Å². The van der Waals surface area contributed by atoms with Gasteiger partial charge in [-0.3, -0.25) is 14.3 Å². The Morgan fingerprint density at radius 2 is 1.35 bits per heavy atom. The normalized spacial score (nSPS) is 13.6. The molecule has 0 spiro atoms. The van der Waals surface area contributed by atoms with Crippen LogP contribution in [0.3, 0.4) is 0 Å². The fraction of sp³-hybridized carbons (Fsp3) is 0.0385. The third-order valence-corrected chi connectivity index (χ3v) is 6.91.